The molecule has 0 spiro atoms. The molecule has 3 rings (SSSR count). The van der Waals surface area contributed by atoms with Crippen LogP contribution in [0.2, 0.25) is 0 Å². The number of halogens is 2. The van der Waals surface area contributed by atoms with E-state index in [2.05, 4.69) is 5.32 Å². The largest absolute Gasteiger partial charge is 0.379 e. The smallest absolute Gasteiger partial charge is 0.317 e. The Labute approximate surface area is 157 Å². The lowest BCUT2D eigenvalue weighted by atomic mass is 10.1. The highest BCUT2D eigenvalue weighted by atomic mass is 19.2. The van der Waals surface area contributed by atoms with Gasteiger partial charge in [-0.05, 0) is 37.0 Å². The first kappa shape index (κ1) is 20.0. The second kappa shape index (κ2) is 9.96. The van der Waals surface area contributed by atoms with Gasteiger partial charge in [0.2, 0.25) is 0 Å². The SMILES string of the molecule is O=C(NCCCOC[C@H]1CCCO1)N1CCO[C@@H](c2ccc(F)c(F)c2)C1. The van der Waals surface area contributed by atoms with E-state index in [1.807, 2.05) is 0 Å². The summed E-state index contributed by atoms with van der Waals surface area (Å²) in [4.78, 5) is 13.9. The van der Waals surface area contributed by atoms with Crippen molar-refractivity contribution in [1.29, 1.82) is 0 Å². The lowest BCUT2D eigenvalue weighted by Crippen LogP contribution is -2.47. The second-order valence-electron chi connectivity index (χ2n) is 6.77. The Kier molecular flexibility index (Phi) is 7.37. The van der Waals surface area contributed by atoms with Gasteiger partial charge in [-0.15, -0.1) is 0 Å². The molecule has 0 unspecified atom stereocenters. The first-order valence-electron chi connectivity index (χ1n) is 9.42. The number of rotatable bonds is 7. The van der Waals surface area contributed by atoms with Gasteiger partial charge in [0.05, 0.1) is 25.9 Å². The van der Waals surface area contributed by atoms with Crippen LogP contribution >= 0.6 is 0 Å². The second-order valence-corrected chi connectivity index (χ2v) is 6.77. The molecule has 2 saturated heterocycles. The summed E-state index contributed by atoms with van der Waals surface area (Å²) in [6, 6.07) is 3.48. The minimum atomic E-state index is -0.916. The van der Waals surface area contributed by atoms with Crippen molar-refractivity contribution >= 4 is 6.03 Å². The normalized spacial score (nSPS) is 22.8. The van der Waals surface area contributed by atoms with Crippen LogP contribution in [0.3, 0.4) is 0 Å². The summed E-state index contributed by atoms with van der Waals surface area (Å²) in [6.45, 7) is 3.61. The van der Waals surface area contributed by atoms with Gasteiger partial charge in [-0.3, -0.25) is 0 Å². The van der Waals surface area contributed by atoms with Crippen LogP contribution in [0.15, 0.2) is 18.2 Å². The standard InChI is InChI=1S/C19H26F2N2O4/c20-16-5-4-14(11-17(16)21)18-12-23(7-10-27-18)19(24)22-6-2-8-25-13-15-3-1-9-26-15/h4-5,11,15,18H,1-3,6-10,12-13H2,(H,22,24)/t15-,18-/m1/s1. The molecule has 2 amide bonds. The maximum Gasteiger partial charge on any atom is 0.317 e. The van der Waals surface area contributed by atoms with Crippen molar-refractivity contribution in [3.05, 3.63) is 35.4 Å². The van der Waals surface area contributed by atoms with Gasteiger partial charge in [0.1, 0.15) is 6.10 Å². The van der Waals surface area contributed by atoms with Crippen LogP contribution in [0, 0.1) is 11.6 Å². The number of amides is 2. The van der Waals surface area contributed by atoms with Crippen LogP contribution in [0.4, 0.5) is 13.6 Å². The van der Waals surface area contributed by atoms with Crippen LogP contribution in [0.5, 0.6) is 0 Å². The number of nitrogens with one attached hydrogen (secondary N) is 1. The Balaban J connectivity index is 1.35. The number of carbonyl (C=O) groups is 1. The molecule has 0 saturated carbocycles. The highest BCUT2D eigenvalue weighted by molar-refractivity contribution is 5.74. The maximum atomic E-state index is 13.4. The van der Waals surface area contributed by atoms with Crippen molar-refractivity contribution < 1.29 is 27.8 Å². The number of carbonyl (C=O) groups excluding carboxylic acids is 1. The van der Waals surface area contributed by atoms with Gasteiger partial charge in [0.25, 0.3) is 0 Å². The van der Waals surface area contributed by atoms with E-state index in [9.17, 15) is 13.6 Å². The summed E-state index contributed by atoms with van der Waals surface area (Å²) in [7, 11) is 0. The third kappa shape index (κ3) is 5.85. The van der Waals surface area contributed by atoms with Crippen LogP contribution in [-0.2, 0) is 14.2 Å². The Bertz CT molecular complexity index is 626. The topological polar surface area (TPSA) is 60.0 Å². The van der Waals surface area contributed by atoms with Crippen molar-refractivity contribution in [2.75, 3.05) is 46.1 Å². The first-order valence-corrected chi connectivity index (χ1v) is 9.42. The van der Waals surface area contributed by atoms with Crippen molar-refractivity contribution in [2.24, 2.45) is 0 Å². The first-order chi connectivity index (χ1) is 13.1. The lowest BCUT2D eigenvalue weighted by molar-refractivity contribution is -0.0157. The molecule has 6 nitrogen and oxygen atoms in total. The monoisotopic (exact) mass is 384 g/mol. The molecule has 2 heterocycles. The molecule has 0 radical (unpaired) electrons. The highest BCUT2D eigenvalue weighted by Gasteiger charge is 2.26. The van der Waals surface area contributed by atoms with Gasteiger partial charge in [-0.25, -0.2) is 13.6 Å². The summed E-state index contributed by atoms with van der Waals surface area (Å²) < 4.78 is 43.1. The van der Waals surface area contributed by atoms with Gasteiger partial charge in [0, 0.05) is 26.3 Å². The van der Waals surface area contributed by atoms with E-state index in [-0.39, 0.29) is 12.1 Å². The number of morpholine rings is 1. The van der Waals surface area contributed by atoms with Crippen LogP contribution in [-0.4, -0.2) is 63.1 Å². The zero-order valence-electron chi connectivity index (χ0n) is 15.3. The number of urea groups is 1. The molecule has 0 bridgehead atoms. The summed E-state index contributed by atoms with van der Waals surface area (Å²) in [5.41, 5.74) is 0.522. The third-order valence-corrected chi connectivity index (χ3v) is 4.74. The van der Waals surface area contributed by atoms with Gasteiger partial charge < -0.3 is 24.4 Å². The van der Waals surface area contributed by atoms with Crippen LogP contribution < -0.4 is 5.32 Å². The Morgan fingerprint density at radius 3 is 2.93 bits per heavy atom. The van der Waals surface area contributed by atoms with Gasteiger partial charge in [-0.1, -0.05) is 6.07 Å². The molecule has 1 N–H and O–H groups in total. The number of hydrogen-bond donors (Lipinski definition) is 1. The number of benzene rings is 1. The van der Waals surface area contributed by atoms with Crippen LogP contribution in [0.25, 0.3) is 0 Å². The molecule has 2 aliphatic rings. The van der Waals surface area contributed by atoms with Gasteiger partial charge in [-0.2, -0.15) is 0 Å². The van der Waals surface area contributed by atoms with Crippen LogP contribution in [0.1, 0.15) is 30.9 Å². The quantitative estimate of drug-likeness (QED) is 0.735. The highest BCUT2D eigenvalue weighted by Crippen LogP contribution is 2.23. The summed E-state index contributed by atoms with van der Waals surface area (Å²) in [6.07, 6.45) is 2.60. The van der Waals surface area contributed by atoms with E-state index >= 15 is 0 Å². The van der Waals surface area contributed by atoms with E-state index in [0.717, 1.165) is 38.0 Å². The molecule has 150 valence electrons. The molecule has 1 aromatic carbocycles. The van der Waals surface area contributed by atoms with E-state index in [1.54, 1.807) is 4.90 Å². The predicted molar refractivity (Wildman–Crippen MR) is 94.4 cm³/mol. The fourth-order valence-corrected chi connectivity index (χ4v) is 3.22. The Morgan fingerprint density at radius 2 is 2.15 bits per heavy atom. The van der Waals surface area contributed by atoms with Crippen molar-refractivity contribution in [1.82, 2.24) is 10.2 Å². The molecule has 0 aromatic heterocycles. The molecule has 27 heavy (non-hydrogen) atoms. The molecule has 8 heteroatoms. The average molecular weight is 384 g/mol. The molecular formula is C19H26F2N2O4. The summed E-state index contributed by atoms with van der Waals surface area (Å²) in [5.74, 6) is -1.81. The van der Waals surface area contributed by atoms with E-state index < -0.39 is 17.7 Å². The van der Waals surface area contributed by atoms with Gasteiger partial charge >= 0.3 is 6.03 Å². The van der Waals surface area contributed by atoms with Crippen molar-refractivity contribution in [3.8, 4) is 0 Å². The minimum absolute atomic E-state index is 0.190. The molecule has 2 atom stereocenters. The Morgan fingerprint density at radius 1 is 1.26 bits per heavy atom. The number of ether oxygens (including phenoxy) is 3. The molecular weight excluding hydrogens is 358 g/mol. The zero-order chi connectivity index (χ0) is 19.1. The molecule has 1 aromatic rings. The third-order valence-electron chi connectivity index (χ3n) is 4.74. The van der Waals surface area contributed by atoms with Crippen molar-refractivity contribution in [2.45, 2.75) is 31.5 Å². The Hall–Kier alpha value is -1.77. The molecule has 2 aliphatic heterocycles. The van der Waals surface area contributed by atoms with Crippen molar-refractivity contribution in [3.63, 3.8) is 0 Å². The number of nitrogens with zero attached hydrogens (tertiary/aromatic N) is 1. The fourth-order valence-electron chi connectivity index (χ4n) is 3.22. The molecule has 0 aliphatic carbocycles. The summed E-state index contributed by atoms with van der Waals surface area (Å²) in [5, 5.41) is 2.86. The maximum absolute atomic E-state index is 13.4. The van der Waals surface area contributed by atoms with Gasteiger partial charge in [0.15, 0.2) is 11.6 Å². The van der Waals surface area contributed by atoms with E-state index in [4.69, 9.17) is 14.2 Å². The summed E-state index contributed by atoms with van der Waals surface area (Å²) >= 11 is 0. The predicted octanol–water partition coefficient (Wildman–Crippen LogP) is 2.63. The fraction of sp³-hybridized carbons (Fsp3) is 0.632. The number of hydrogen-bond acceptors (Lipinski definition) is 4. The lowest BCUT2D eigenvalue weighted by Gasteiger charge is -2.33. The average Bonchev–Trinajstić information content (AvgIpc) is 3.20. The van der Waals surface area contributed by atoms with E-state index in [0.29, 0.717) is 45.0 Å². The minimum Gasteiger partial charge on any atom is -0.379 e. The zero-order valence-corrected chi connectivity index (χ0v) is 15.3. The van der Waals surface area contributed by atoms with E-state index in [1.165, 1.54) is 6.07 Å². The molecule has 2 fully saturated rings.